The lowest BCUT2D eigenvalue weighted by atomic mass is 10.1. The molecule has 5 nitrogen and oxygen atoms in total. The summed E-state index contributed by atoms with van der Waals surface area (Å²) < 4.78 is 11.5. The summed E-state index contributed by atoms with van der Waals surface area (Å²) in [5.74, 6) is 2.38. The minimum atomic E-state index is -0.251. The van der Waals surface area contributed by atoms with E-state index < -0.39 is 0 Å². The van der Waals surface area contributed by atoms with Gasteiger partial charge in [0.2, 0.25) is 5.89 Å². The van der Waals surface area contributed by atoms with Gasteiger partial charge in [-0.2, -0.15) is 0 Å². The van der Waals surface area contributed by atoms with E-state index in [0.29, 0.717) is 28.5 Å². The number of nitrogens with one attached hydrogen (secondary N) is 1. The maximum atomic E-state index is 12.9. The van der Waals surface area contributed by atoms with Gasteiger partial charge in [0.15, 0.2) is 5.76 Å². The van der Waals surface area contributed by atoms with Crippen LogP contribution in [0.15, 0.2) is 81.8 Å². The number of aryl methyl sites for hydroxylation is 1. The van der Waals surface area contributed by atoms with E-state index in [-0.39, 0.29) is 11.9 Å². The lowest BCUT2D eigenvalue weighted by molar-refractivity contribution is 0.0935. The Morgan fingerprint density at radius 3 is 2.46 bits per heavy atom. The fraction of sp³-hybridized carbons (Fsp3) is 0.130. The largest absolute Gasteiger partial charge is 0.464 e. The number of aromatic nitrogens is 1. The van der Waals surface area contributed by atoms with Gasteiger partial charge in [0.1, 0.15) is 11.5 Å². The van der Waals surface area contributed by atoms with E-state index in [4.69, 9.17) is 8.83 Å². The molecule has 0 aliphatic rings. The zero-order valence-electron chi connectivity index (χ0n) is 15.7. The van der Waals surface area contributed by atoms with E-state index in [2.05, 4.69) is 10.3 Å². The van der Waals surface area contributed by atoms with E-state index >= 15 is 0 Å². The number of hydrogen-bond acceptors (Lipinski definition) is 4. The second-order valence-electron chi connectivity index (χ2n) is 6.58. The van der Waals surface area contributed by atoms with Crippen LogP contribution in [-0.4, -0.2) is 10.9 Å². The van der Waals surface area contributed by atoms with Crippen molar-refractivity contribution in [2.45, 2.75) is 19.9 Å². The Kier molecular flexibility index (Phi) is 4.81. The molecule has 1 amide bonds. The fourth-order valence-corrected chi connectivity index (χ4v) is 3.03. The maximum absolute atomic E-state index is 12.9. The van der Waals surface area contributed by atoms with Crippen LogP contribution in [0.2, 0.25) is 0 Å². The van der Waals surface area contributed by atoms with E-state index in [1.54, 1.807) is 12.3 Å². The molecule has 0 saturated carbocycles. The molecule has 4 rings (SSSR count). The number of furan rings is 1. The molecule has 2 aromatic carbocycles. The molecule has 28 heavy (non-hydrogen) atoms. The smallest absolute Gasteiger partial charge is 0.252 e. The van der Waals surface area contributed by atoms with Crippen LogP contribution >= 0.6 is 0 Å². The van der Waals surface area contributed by atoms with E-state index in [0.717, 1.165) is 11.3 Å². The van der Waals surface area contributed by atoms with E-state index in [1.807, 2.05) is 74.5 Å². The first-order chi connectivity index (χ1) is 13.6. The summed E-state index contributed by atoms with van der Waals surface area (Å²) in [6, 6.07) is 20.5. The molecule has 0 saturated heterocycles. The summed E-state index contributed by atoms with van der Waals surface area (Å²) in [6.45, 7) is 3.76. The average Bonchev–Trinajstić information content (AvgIpc) is 3.38. The minimum absolute atomic E-state index is 0.211. The lowest BCUT2D eigenvalue weighted by Gasteiger charge is -2.13. The van der Waals surface area contributed by atoms with Crippen LogP contribution in [0.3, 0.4) is 0 Å². The lowest BCUT2D eigenvalue weighted by Crippen LogP contribution is -2.26. The predicted octanol–water partition coefficient (Wildman–Crippen LogP) is 5.40. The third kappa shape index (κ3) is 3.60. The van der Waals surface area contributed by atoms with Gasteiger partial charge in [-0.15, -0.1) is 0 Å². The molecule has 2 heterocycles. The number of nitrogens with zero attached hydrogens (tertiary/aromatic N) is 1. The highest BCUT2D eigenvalue weighted by molar-refractivity contribution is 6.00. The number of benzene rings is 2. The van der Waals surface area contributed by atoms with Crippen LogP contribution in [0.25, 0.3) is 22.8 Å². The van der Waals surface area contributed by atoms with Crippen molar-refractivity contribution in [1.29, 1.82) is 0 Å². The summed E-state index contributed by atoms with van der Waals surface area (Å²) in [5.41, 5.74) is 2.08. The predicted molar refractivity (Wildman–Crippen MR) is 107 cm³/mol. The summed E-state index contributed by atoms with van der Waals surface area (Å²) in [6.07, 6.45) is 1.67. The van der Waals surface area contributed by atoms with Gasteiger partial charge >= 0.3 is 0 Å². The quantitative estimate of drug-likeness (QED) is 0.509. The van der Waals surface area contributed by atoms with Crippen molar-refractivity contribution in [2.24, 2.45) is 0 Å². The Morgan fingerprint density at radius 1 is 0.964 bits per heavy atom. The number of carbonyl (C=O) groups is 1. The van der Waals surface area contributed by atoms with Gasteiger partial charge in [-0.1, -0.05) is 42.5 Å². The monoisotopic (exact) mass is 372 g/mol. The first-order valence-corrected chi connectivity index (χ1v) is 9.09. The van der Waals surface area contributed by atoms with Crippen LogP contribution in [-0.2, 0) is 0 Å². The van der Waals surface area contributed by atoms with Gasteiger partial charge in [-0.3, -0.25) is 4.79 Å². The van der Waals surface area contributed by atoms with E-state index in [1.165, 1.54) is 0 Å². The second kappa shape index (κ2) is 7.56. The molecule has 1 unspecified atom stereocenters. The first-order valence-electron chi connectivity index (χ1n) is 9.09. The SMILES string of the molecule is Cc1ccc(C(C)NC(=O)c2ccccc2-c2ncc(-c3ccccc3)o2)o1. The van der Waals surface area contributed by atoms with Gasteiger partial charge in [0.25, 0.3) is 5.91 Å². The number of rotatable bonds is 5. The van der Waals surface area contributed by atoms with Crippen LogP contribution in [0.5, 0.6) is 0 Å². The Hall–Kier alpha value is -3.60. The Balaban J connectivity index is 1.60. The maximum Gasteiger partial charge on any atom is 0.252 e. The molecule has 0 aliphatic heterocycles. The fourth-order valence-electron chi connectivity index (χ4n) is 3.03. The molecular weight excluding hydrogens is 352 g/mol. The zero-order chi connectivity index (χ0) is 19.5. The van der Waals surface area contributed by atoms with Crippen LogP contribution in [0, 0.1) is 6.92 Å². The van der Waals surface area contributed by atoms with Crippen LogP contribution in [0.4, 0.5) is 0 Å². The molecule has 4 aromatic rings. The van der Waals surface area contributed by atoms with Crippen molar-refractivity contribution in [2.75, 3.05) is 0 Å². The molecule has 0 spiro atoms. The van der Waals surface area contributed by atoms with Crippen LogP contribution < -0.4 is 5.32 Å². The highest BCUT2D eigenvalue weighted by Gasteiger charge is 2.19. The van der Waals surface area contributed by atoms with Gasteiger partial charge in [-0.05, 0) is 38.1 Å². The van der Waals surface area contributed by atoms with Gasteiger partial charge in [0.05, 0.1) is 17.8 Å². The highest BCUT2D eigenvalue weighted by atomic mass is 16.4. The van der Waals surface area contributed by atoms with Crippen molar-refractivity contribution < 1.29 is 13.6 Å². The third-order valence-electron chi connectivity index (χ3n) is 4.50. The zero-order valence-corrected chi connectivity index (χ0v) is 15.7. The van der Waals surface area contributed by atoms with Gasteiger partial charge < -0.3 is 14.2 Å². The molecule has 5 heteroatoms. The minimum Gasteiger partial charge on any atom is -0.464 e. The second-order valence-corrected chi connectivity index (χ2v) is 6.58. The van der Waals surface area contributed by atoms with Crippen molar-refractivity contribution in [3.8, 4) is 22.8 Å². The number of carbonyl (C=O) groups excluding carboxylic acids is 1. The molecule has 140 valence electrons. The Labute approximate surface area is 163 Å². The molecule has 2 aromatic heterocycles. The Morgan fingerprint density at radius 2 is 1.71 bits per heavy atom. The number of hydrogen-bond donors (Lipinski definition) is 1. The molecule has 0 fully saturated rings. The van der Waals surface area contributed by atoms with Crippen molar-refractivity contribution >= 4 is 5.91 Å². The first kappa shape index (κ1) is 17.8. The number of amides is 1. The van der Waals surface area contributed by atoms with Crippen molar-refractivity contribution in [3.63, 3.8) is 0 Å². The van der Waals surface area contributed by atoms with Crippen molar-refractivity contribution in [3.05, 3.63) is 90.0 Å². The van der Waals surface area contributed by atoms with Crippen molar-refractivity contribution in [1.82, 2.24) is 10.3 Å². The molecule has 1 N–H and O–H groups in total. The summed E-state index contributed by atoms with van der Waals surface area (Å²) in [4.78, 5) is 17.3. The standard InChI is InChI=1S/C23H20N2O3/c1-15-12-13-20(27-15)16(2)25-22(26)18-10-6-7-11-19(18)23-24-14-21(28-23)17-8-4-3-5-9-17/h3-14,16H,1-2H3,(H,25,26). The van der Waals surface area contributed by atoms with Gasteiger partial charge in [0, 0.05) is 11.1 Å². The Bertz CT molecular complexity index is 1100. The highest BCUT2D eigenvalue weighted by Crippen LogP contribution is 2.28. The number of oxazole rings is 1. The molecule has 1 atom stereocenters. The van der Waals surface area contributed by atoms with Gasteiger partial charge in [-0.25, -0.2) is 4.98 Å². The summed E-state index contributed by atoms with van der Waals surface area (Å²) in [5, 5.41) is 2.97. The molecule has 0 aliphatic carbocycles. The summed E-state index contributed by atoms with van der Waals surface area (Å²) in [7, 11) is 0. The topological polar surface area (TPSA) is 68.3 Å². The van der Waals surface area contributed by atoms with E-state index in [9.17, 15) is 4.79 Å². The average molecular weight is 372 g/mol. The molecular formula is C23H20N2O3. The van der Waals surface area contributed by atoms with Crippen LogP contribution in [0.1, 0.15) is 34.8 Å². The normalized spacial score (nSPS) is 11.9. The molecule has 0 bridgehead atoms. The third-order valence-corrected chi connectivity index (χ3v) is 4.50. The summed E-state index contributed by atoms with van der Waals surface area (Å²) >= 11 is 0. The molecule has 0 radical (unpaired) electrons.